The van der Waals surface area contributed by atoms with Crippen molar-refractivity contribution in [3.05, 3.63) is 35.4 Å². The maximum Gasteiger partial charge on any atom is 0.335 e. The Kier molecular flexibility index (Phi) is 3.60. The van der Waals surface area contributed by atoms with Gasteiger partial charge in [-0.1, -0.05) is 26.0 Å². The minimum Gasteiger partial charge on any atom is -0.478 e. The van der Waals surface area contributed by atoms with Crippen LogP contribution in [0.2, 0.25) is 0 Å². The fourth-order valence-electron chi connectivity index (χ4n) is 2.28. The summed E-state index contributed by atoms with van der Waals surface area (Å²) in [6.07, 6.45) is 1.99. The monoisotopic (exact) mass is 261 g/mol. The van der Waals surface area contributed by atoms with Crippen LogP contribution in [0, 0.1) is 11.3 Å². The Balaban J connectivity index is 1.86. The molecule has 0 heterocycles. The van der Waals surface area contributed by atoms with Gasteiger partial charge < -0.3 is 10.4 Å². The largest absolute Gasteiger partial charge is 0.478 e. The highest BCUT2D eigenvalue weighted by atomic mass is 16.4. The summed E-state index contributed by atoms with van der Waals surface area (Å²) >= 11 is 0. The van der Waals surface area contributed by atoms with E-state index in [1.807, 2.05) is 0 Å². The second-order valence-electron chi connectivity index (χ2n) is 5.48. The molecule has 4 nitrogen and oxygen atoms in total. The molecule has 0 saturated heterocycles. The Morgan fingerprint density at radius 1 is 1.37 bits per heavy atom. The first kappa shape index (κ1) is 13.6. The number of aromatic carboxylic acids is 1. The van der Waals surface area contributed by atoms with Gasteiger partial charge in [0.1, 0.15) is 0 Å². The SMILES string of the molecule is CCC1(C)CC1C(=O)NCc1ccc(C(=O)O)cc1. The van der Waals surface area contributed by atoms with Gasteiger partial charge in [-0.15, -0.1) is 0 Å². The molecular formula is C15H19NO3. The minimum absolute atomic E-state index is 0.103. The van der Waals surface area contributed by atoms with Gasteiger partial charge >= 0.3 is 5.97 Å². The summed E-state index contributed by atoms with van der Waals surface area (Å²) in [7, 11) is 0. The molecular weight excluding hydrogens is 242 g/mol. The molecule has 2 unspecified atom stereocenters. The molecule has 1 fully saturated rings. The molecule has 1 aliphatic rings. The number of benzene rings is 1. The Bertz CT molecular complexity index is 495. The van der Waals surface area contributed by atoms with Crippen LogP contribution in [0.15, 0.2) is 24.3 Å². The van der Waals surface area contributed by atoms with Crippen LogP contribution in [0.5, 0.6) is 0 Å². The normalized spacial score (nSPS) is 24.8. The number of amides is 1. The zero-order valence-corrected chi connectivity index (χ0v) is 11.3. The van der Waals surface area contributed by atoms with Gasteiger partial charge in [0.25, 0.3) is 0 Å². The number of hydrogen-bond acceptors (Lipinski definition) is 2. The van der Waals surface area contributed by atoms with Gasteiger partial charge in [0.2, 0.25) is 5.91 Å². The molecule has 1 aliphatic carbocycles. The van der Waals surface area contributed by atoms with Crippen molar-refractivity contribution in [2.45, 2.75) is 33.2 Å². The van der Waals surface area contributed by atoms with E-state index in [1.165, 1.54) is 0 Å². The van der Waals surface area contributed by atoms with Crippen LogP contribution >= 0.6 is 0 Å². The fourth-order valence-corrected chi connectivity index (χ4v) is 2.28. The topological polar surface area (TPSA) is 66.4 Å². The summed E-state index contributed by atoms with van der Waals surface area (Å²) in [5.41, 5.74) is 1.35. The first-order chi connectivity index (χ1) is 8.96. The van der Waals surface area contributed by atoms with Gasteiger partial charge in [-0.2, -0.15) is 0 Å². The lowest BCUT2D eigenvalue weighted by Gasteiger charge is -2.08. The lowest BCUT2D eigenvalue weighted by atomic mass is 10.0. The highest BCUT2D eigenvalue weighted by Crippen LogP contribution is 2.54. The third kappa shape index (κ3) is 2.95. The predicted octanol–water partition coefficient (Wildman–Crippen LogP) is 2.44. The number of hydrogen-bond donors (Lipinski definition) is 2. The molecule has 4 heteroatoms. The van der Waals surface area contributed by atoms with Crippen molar-refractivity contribution in [2.24, 2.45) is 11.3 Å². The van der Waals surface area contributed by atoms with E-state index in [9.17, 15) is 9.59 Å². The zero-order valence-electron chi connectivity index (χ0n) is 11.3. The summed E-state index contributed by atoms with van der Waals surface area (Å²) in [5, 5.41) is 11.7. The second-order valence-corrected chi connectivity index (χ2v) is 5.48. The van der Waals surface area contributed by atoms with E-state index < -0.39 is 5.97 Å². The van der Waals surface area contributed by atoms with E-state index in [0.717, 1.165) is 18.4 Å². The quantitative estimate of drug-likeness (QED) is 0.855. The average Bonchev–Trinajstić information content (AvgIpc) is 3.09. The van der Waals surface area contributed by atoms with Gasteiger partial charge in [-0.25, -0.2) is 4.79 Å². The highest BCUT2D eigenvalue weighted by Gasteiger charge is 2.52. The van der Waals surface area contributed by atoms with Crippen molar-refractivity contribution in [3.8, 4) is 0 Å². The van der Waals surface area contributed by atoms with Crippen LogP contribution in [-0.2, 0) is 11.3 Å². The standard InChI is InChI=1S/C15H19NO3/c1-3-15(2)8-12(15)13(17)16-9-10-4-6-11(7-5-10)14(18)19/h4-7,12H,3,8-9H2,1-2H3,(H,16,17)(H,18,19). The van der Waals surface area contributed by atoms with Crippen molar-refractivity contribution in [1.29, 1.82) is 0 Å². The first-order valence-corrected chi connectivity index (χ1v) is 6.56. The van der Waals surface area contributed by atoms with Gasteiger partial charge in [-0.05, 0) is 36.0 Å². The lowest BCUT2D eigenvalue weighted by Crippen LogP contribution is -2.26. The number of carboxylic acids is 1. The highest BCUT2D eigenvalue weighted by molar-refractivity contribution is 5.87. The van der Waals surface area contributed by atoms with Crippen LogP contribution in [0.4, 0.5) is 0 Å². The van der Waals surface area contributed by atoms with Crippen molar-refractivity contribution in [3.63, 3.8) is 0 Å². The van der Waals surface area contributed by atoms with E-state index >= 15 is 0 Å². The van der Waals surface area contributed by atoms with Crippen LogP contribution in [0.3, 0.4) is 0 Å². The van der Waals surface area contributed by atoms with Crippen molar-refractivity contribution in [2.75, 3.05) is 0 Å². The molecule has 1 saturated carbocycles. The zero-order chi connectivity index (χ0) is 14.0. The Hall–Kier alpha value is -1.84. The number of carboxylic acid groups (broad SMARTS) is 1. The summed E-state index contributed by atoms with van der Waals surface area (Å²) in [6.45, 7) is 4.70. The van der Waals surface area contributed by atoms with E-state index in [0.29, 0.717) is 6.54 Å². The molecule has 0 bridgehead atoms. The first-order valence-electron chi connectivity index (χ1n) is 6.56. The van der Waals surface area contributed by atoms with Gasteiger partial charge in [0.05, 0.1) is 5.56 Å². The number of rotatable bonds is 5. The Labute approximate surface area is 112 Å². The molecule has 102 valence electrons. The molecule has 1 aromatic rings. The maximum absolute atomic E-state index is 11.9. The Morgan fingerprint density at radius 3 is 2.47 bits per heavy atom. The Morgan fingerprint density at radius 2 is 2.00 bits per heavy atom. The molecule has 2 N–H and O–H groups in total. The number of carbonyl (C=O) groups is 2. The van der Waals surface area contributed by atoms with Gasteiger partial charge in [0, 0.05) is 12.5 Å². The molecule has 0 aromatic heterocycles. The minimum atomic E-state index is -0.938. The average molecular weight is 261 g/mol. The third-order valence-corrected chi connectivity index (χ3v) is 4.14. The molecule has 2 rings (SSSR count). The van der Waals surface area contributed by atoms with Gasteiger partial charge in [-0.3, -0.25) is 4.79 Å². The summed E-state index contributed by atoms with van der Waals surface area (Å²) in [5.74, 6) is -0.699. The smallest absolute Gasteiger partial charge is 0.335 e. The molecule has 0 aliphatic heterocycles. The number of carbonyl (C=O) groups excluding carboxylic acids is 1. The predicted molar refractivity (Wildman–Crippen MR) is 71.8 cm³/mol. The molecule has 1 amide bonds. The van der Waals surface area contributed by atoms with Crippen molar-refractivity contribution in [1.82, 2.24) is 5.32 Å². The number of nitrogens with one attached hydrogen (secondary N) is 1. The van der Waals surface area contributed by atoms with Gasteiger partial charge in [0.15, 0.2) is 0 Å². The van der Waals surface area contributed by atoms with Crippen molar-refractivity contribution >= 4 is 11.9 Å². The third-order valence-electron chi connectivity index (χ3n) is 4.14. The van der Waals surface area contributed by atoms with E-state index in [4.69, 9.17) is 5.11 Å². The molecule has 0 radical (unpaired) electrons. The summed E-state index contributed by atoms with van der Waals surface area (Å²) in [4.78, 5) is 22.6. The molecule has 2 atom stereocenters. The van der Waals surface area contributed by atoms with E-state index in [2.05, 4.69) is 19.2 Å². The fraction of sp³-hybridized carbons (Fsp3) is 0.467. The molecule has 0 spiro atoms. The van der Waals surface area contributed by atoms with Crippen molar-refractivity contribution < 1.29 is 14.7 Å². The lowest BCUT2D eigenvalue weighted by molar-refractivity contribution is -0.123. The molecule has 1 aromatic carbocycles. The summed E-state index contributed by atoms with van der Waals surface area (Å²) in [6, 6.07) is 6.57. The molecule has 19 heavy (non-hydrogen) atoms. The summed E-state index contributed by atoms with van der Waals surface area (Å²) < 4.78 is 0. The maximum atomic E-state index is 11.9. The van der Waals surface area contributed by atoms with E-state index in [-0.39, 0.29) is 22.8 Å². The van der Waals surface area contributed by atoms with E-state index in [1.54, 1.807) is 24.3 Å². The van der Waals surface area contributed by atoms with Crippen LogP contribution in [0.1, 0.15) is 42.6 Å². The van der Waals surface area contributed by atoms with Crippen LogP contribution in [0.25, 0.3) is 0 Å². The van der Waals surface area contributed by atoms with Crippen LogP contribution in [-0.4, -0.2) is 17.0 Å². The second kappa shape index (κ2) is 5.03. The van der Waals surface area contributed by atoms with Crippen LogP contribution < -0.4 is 5.32 Å².